The minimum atomic E-state index is -0.385. The van der Waals surface area contributed by atoms with Crippen molar-refractivity contribution < 1.29 is 14.4 Å². The Morgan fingerprint density at radius 2 is 1.90 bits per heavy atom. The van der Waals surface area contributed by atoms with Crippen LogP contribution in [0.3, 0.4) is 0 Å². The second-order valence-electron chi connectivity index (χ2n) is 7.88. The number of rotatable bonds is 3. The largest absolute Gasteiger partial charge is 0.326 e. The van der Waals surface area contributed by atoms with Gasteiger partial charge >= 0.3 is 0 Å². The van der Waals surface area contributed by atoms with Gasteiger partial charge in [0.25, 0.3) is 0 Å². The maximum Gasteiger partial charge on any atom is 0.229 e. The van der Waals surface area contributed by atoms with Crippen LogP contribution in [0.4, 0.5) is 17.1 Å². The highest BCUT2D eigenvalue weighted by atomic mass is 16.2. The molecule has 6 nitrogen and oxygen atoms in total. The fourth-order valence-corrected chi connectivity index (χ4v) is 4.19. The van der Waals surface area contributed by atoms with Crippen LogP contribution >= 0.6 is 0 Å². The third-order valence-electron chi connectivity index (χ3n) is 5.99. The molecule has 3 amide bonds. The molecule has 2 aromatic rings. The topological polar surface area (TPSA) is 69.7 Å². The summed E-state index contributed by atoms with van der Waals surface area (Å²) in [6.45, 7) is 6.64. The van der Waals surface area contributed by atoms with Gasteiger partial charge in [0, 0.05) is 43.5 Å². The summed E-state index contributed by atoms with van der Waals surface area (Å²) in [6, 6.07) is 11.5. The summed E-state index contributed by atoms with van der Waals surface area (Å²) in [5, 5.41) is 2.95. The van der Waals surface area contributed by atoms with Gasteiger partial charge in [-0.15, -0.1) is 0 Å². The number of nitrogens with one attached hydrogen (secondary N) is 1. The summed E-state index contributed by atoms with van der Waals surface area (Å²) in [5.74, 6) is -0.529. The minimum Gasteiger partial charge on any atom is -0.326 e. The zero-order chi connectivity index (χ0) is 20.7. The first-order chi connectivity index (χ1) is 13.8. The van der Waals surface area contributed by atoms with E-state index in [4.69, 9.17) is 0 Å². The summed E-state index contributed by atoms with van der Waals surface area (Å²) < 4.78 is 0. The van der Waals surface area contributed by atoms with Crippen LogP contribution in [-0.2, 0) is 20.8 Å². The Kier molecular flexibility index (Phi) is 4.86. The maximum atomic E-state index is 12.8. The van der Waals surface area contributed by atoms with Crippen LogP contribution in [0.1, 0.15) is 30.0 Å². The second kappa shape index (κ2) is 7.35. The Morgan fingerprint density at radius 3 is 2.66 bits per heavy atom. The lowest BCUT2D eigenvalue weighted by Crippen LogP contribution is -2.28. The lowest BCUT2D eigenvalue weighted by molar-refractivity contribution is -0.122. The van der Waals surface area contributed by atoms with E-state index < -0.39 is 0 Å². The van der Waals surface area contributed by atoms with E-state index in [1.807, 2.05) is 50.2 Å². The van der Waals surface area contributed by atoms with E-state index in [0.717, 1.165) is 34.5 Å². The average Bonchev–Trinajstić information content (AvgIpc) is 3.27. The number of hydrogen-bond acceptors (Lipinski definition) is 3. The number of carbonyl (C=O) groups excluding carboxylic acids is 3. The van der Waals surface area contributed by atoms with E-state index in [1.165, 1.54) is 0 Å². The van der Waals surface area contributed by atoms with Gasteiger partial charge in [-0.2, -0.15) is 0 Å². The monoisotopic (exact) mass is 391 g/mol. The molecule has 6 heteroatoms. The van der Waals surface area contributed by atoms with Gasteiger partial charge in [0.15, 0.2) is 0 Å². The van der Waals surface area contributed by atoms with Gasteiger partial charge in [0.2, 0.25) is 17.7 Å². The molecule has 4 rings (SSSR count). The van der Waals surface area contributed by atoms with Crippen molar-refractivity contribution in [3.63, 3.8) is 0 Å². The van der Waals surface area contributed by atoms with Crippen LogP contribution in [0.2, 0.25) is 0 Å². The third-order valence-corrected chi connectivity index (χ3v) is 5.99. The van der Waals surface area contributed by atoms with Crippen molar-refractivity contribution in [2.24, 2.45) is 5.92 Å². The van der Waals surface area contributed by atoms with Crippen molar-refractivity contribution in [3.05, 3.63) is 53.1 Å². The number of aryl methyl sites for hydroxylation is 1. The van der Waals surface area contributed by atoms with Gasteiger partial charge in [0.05, 0.1) is 5.92 Å². The molecule has 1 unspecified atom stereocenters. The molecule has 0 spiro atoms. The second-order valence-corrected chi connectivity index (χ2v) is 7.88. The molecule has 0 aromatic heterocycles. The van der Waals surface area contributed by atoms with Crippen molar-refractivity contribution >= 4 is 34.8 Å². The summed E-state index contributed by atoms with van der Waals surface area (Å²) in [7, 11) is 0. The first-order valence-corrected chi connectivity index (χ1v) is 9.93. The first-order valence-electron chi connectivity index (χ1n) is 9.93. The molecule has 1 fully saturated rings. The molecule has 1 N–H and O–H groups in total. The molecule has 29 heavy (non-hydrogen) atoms. The van der Waals surface area contributed by atoms with Crippen molar-refractivity contribution in [2.75, 3.05) is 28.2 Å². The van der Waals surface area contributed by atoms with Gasteiger partial charge in [-0.3, -0.25) is 14.4 Å². The Labute approximate surface area is 170 Å². The molecule has 0 bridgehead atoms. The van der Waals surface area contributed by atoms with Crippen molar-refractivity contribution in [1.29, 1.82) is 0 Å². The Morgan fingerprint density at radius 1 is 1.10 bits per heavy atom. The summed E-state index contributed by atoms with van der Waals surface area (Å²) in [6.07, 6.45) is 0.989. The van der Waals surface area contributed by atoms with E-state index in [1.54, 1.807) is 16.7 Å². The molecule has 150 valence electrons. The molecule has 1 atom stereocenters. The van der Waals surface area contributed by atoms with E-state index >= 15 is 0 Å². The van der Waals surface area contributed by atoms with Crippen LogP contribution < -0.4 is 15.1 Å². The third kappa shape index (κ3) is 3.50. The molecule has 0 saturated carbocycles. The number of benzene rings is 2. The average molecular weight is 391 g/mol. The van der Waals surface area contributed by atoms with Gasteiger partial charge in [-0.1, -0.05) is 12.1 Å². The Bertz CT molecular complexity index is 1010. The minimum absolute atomic E-state index is 0.0232. The van der Waals surface area contributed by atoms with Crippen LogP contribution in [-0.4, -0.2) is 30.8 Å². The Hall–Kier alpha value is -3.15. The zero-order valence-electron chi connectivity index (χ0n) is 17.0. The van der Waals surface area contributed by atoms with E-state index in [9.17, 15) is 14.4 Å². The Balaban J connectivity index is 1.47. The number of fused-ring (bicyclic) bond motifs is 1. The lowest BCUT2D eigenvalue weighted by atomic mass is 10.1. The number of anilines is 3. The summed E-state index contributed by atoms with van der Waals surface area (Å²) >= 11 is 0. The van der Waals surface area contributed by atoms with Crippen molar-refractivity contribution in [2.45, 2.75) is 33.6 Å². The van der Waals surface area contributed by atoms with E-state index in [2.05, 4.69) is 5.32 Å². The fraction of sp³-hybridized carbons (Fsp3) is 0.348. The molecule has 2 aromatic carbocycles. The van der Waals surface area contributed by atoms with Crippen LogP contribution in [0.15, 0.2) is 36.4 Å². The normalized spacial score (nSPS) is 18.2. The fourth-order valence-electron chi connectivity index (χ4n) is 4.19. The predicted molar refractivity (Wildman–Crippen MR) is 113 cm³/mol. The molecule has 2 heterocycles. The zero-order valence-corrected chi connectivity index (χ0v) is 17.0. The molecule has 0 radical (unpaired) electrons. The van der Waals surface area contributed by atoms with Gasteiger partial charge in [-0.25, -0.2) is 0 Å². The summed E-state index contributed by atoms with van der Waals surface area (Å²) in [4.78, 5) is 40.5. The van der Waals surface area contributed by atoms with Crippen LogP contribution in [0, 0.1) is 19.8 Å². The highest BCUT2D eigenvalue weighted by molar-refractivity contribution is 6.04. The summed E-state index contributed by atoms with van der Waals surface area (Å²) in [5.41, 5.74) is 5.74. The quantitative estimate of drug-likeness (QED) is 0.874. The number of hydrogen-bond donors (Lipinski definition) is 1. The molecule has 1 saturated heterocycles. The number of amides is 3. The van der Waals surface area contributed by atoms with E-state index in [-0.39, 0.29) is 30.1 Å². The molecule has 2 aliphatic heterocycles. The molecule has 2 aliphatic rings. The van der Waals surface area contributed by atoms with Gasteiger partial charge in [-0.05, 0) is 61.2 Å². The van der Waals surface area contributed by atoms with Crippen molar-refractivity contribution in [1.82, 2.24) is 0 Å². The first kappa shape index (κ1) is 19.2. The molecular formula is C23H25N3O3. The predicted octanol–water partition coefficient (Wildman–Crippen LogP) is 3.20. The smallest absolute Gasteiger partial charge is 0.229 e. The lowest BCUT2D eigenvalue weighted by Gasteiger charge is -2.20. The van der Waals surface area contributed by atoms with Gasteiger partial charge in [0.1, 0.15) is 0 Å². The van der Waals surface area contributed by atoms with Crippen LogP contribution in [0.25, 0.3) is 0 Å². The highest BCUT2D eigenvalue weighted by Crippen LogP contribution is 2.32. The van der Waals surface area contributed by atoms with Crippen molar-refractivity contribution in [3.8, 4) is 0 Å². The number of carbonyl (C=O) groups is 3. The standard InChI is InChI=1S/C23H25N3O3/c1-14-5-4-6-20(15(14)2)26-13-18(12-22(26)28)23(29)24-19-7-8-21-17(11-19)9-10-25(21)16(3)27/h4-8,11,18H,9-10,12-13H2,1-3H3,(H,24,29). The maximum absolute atomic E-state index is 12.8. The SMILES string of the molecule is CC(=O)N1CCc2cc(NC(=O)C3CC(=O)N(c4cccc(C)c4C)C3)ccc21. The number of nitrogens with zero attached hydrogens (tertiary/aromatic N) is 2. The molecular weight excluding hydrogens is 366 g/mol. The van der Waals surface area contributed by atoms with Crippen LogP contribution in [0.5, 0.6) is 0 Å². The van der Waals surface area contributed by atoms with E-state index in [0.29, 0.717) is 18.8 Å². The molecule has 0 aliphatic carbocycles. The highest BCUT2D eigenvalue weighted by Gasteiger charge is 2.36. The van der Waals surface area contributed by atoms with Gasteiger partial charge < -0.3 is 15.1 Å².